The van der Waals surface area contributed by atoms with Gasteiger partial charge in [0, 0.05) is 33.0 Å². The van der Waals surface area contributed by atoms with Gasteiger partial charge in [0.15, 0.2) is 0 Å². The zero-order chi connectivity index (χ0) is 27.7. The fourth-order valence-electron chi connectivity index (χ4n) is 2.43. The predicted molar refractivity (Wildman–Crippen MR) is 129 cm³/mol. The van der Waals surface area contributed by atoms with Crippen molar-refractivity contribution in [3.63, 3.8) is 0 Å². The molecule has 0 spiro atoms. The largest absolute Gasteiger partial charge is 0.628 e. The maximum atomic E-state index is 12.3. The Kier molecular flexibility index (Phi) is 12.7. The fourth-order valence-corrected chi connectivity index (χ4v) is 2.43. The Bertz CT molecular complexity index is 1830. The average molecular weight is 632 g/mol. The summed E-state index contributed by atoms with van der Waals surface area (Å²) >= 11 is 0. The number of benzene rings is 1. The molecule has 18 heteroatoms. The monoisotopic (exact) mass is 630 g/mol. The van der Waals surface area contributed by atoms with Gasteiger partial charge in [-0.1, -0.05) is 36.4 Å². The summed E-state index contributed by atoms with van der Waals surface area (Å²) in [6.45, 7) is 0. The maximum Gasteiger partial charge on any atom is 0.103 e. The van der Waals surface area contributed by atoms with Gasteiger partial charge in [-0.2, -0.15) is 46.9 Å². The summed E-state index contributed by atoms with van der Waals surface area (Å²) in [6, 6.07) is 4.89. The molecule has 3 rings (SSSR count). The zero-order valence-electron chi connectivity index (χ0n) is 19.2. The van der Waals surface area contributed by atoms with Crippen LogP contribution in [0.3, 0.4) is 0 Å². The van der Waals surface area contributed by atoms with E-state index in [2.05, 4.69) is 39.9 Å². The normalized spacial score (nSPS) is 9.40. The number of nitrogens with zero attached hydrogens (tertiary/aromatic N) is 8. The van der Waals surface area contributed by atoms with E-state index in [0.29, 0.717) is 24.8 Å². The molecule has 40 heavy (non-hydrogen) atoms. The third kappa shape index (κ3) is 9.67. The number of hydrogen-bond acceptors (Lipinski definition) is 8. The summed E-state index contributed by atoms with van der Waals surface area (Å²) in [5, 5.41) is 0. The molecule has 0 aliphatic carbocycles. The summed E-state index contributed by atoms with van der Waals surface area (Å²) in [5.74, 6) is 0. The van der Waals surface area contributed by atoms with Gasteiger partial charge in [0.05, 0.1) is 22.2 Å². The van der Waals surface area contributed by atoms with Gasteiger partial charge < -0.3 is 78.2 Å². The van der Waals surface area contributed by atoms with Gasteiger partial charge in [0.2, 0.25) is 0 Å². The summed E-state index contributed by atoms with van der Waals surface area (Å²) in [5.41, 5.74) is -10.6. The standard InChI is InChI=1S/C22H18N8O8.2Ni/c31-15-1-5-23-19(35)20(36)24-6-2-16(32)28-12-10-14-13(9-11(12)27-15)29-17(33)3-7-25-21(37)22(38)26-8-4-18(34)30-14;;/h1-10H,(H8,23,24,25,26,27,28,29,30,31,32,33,34,35,36,37,38);;/p-8. The first kappa shape index (κ1) is 33.0. The molecule has 0 bridgehead atoms. The minimum absolute atomic E-state index is 0. The fraction of sp³-hybridized carbons (Fsp3) is 0. The first-order valence-corrected chi connectivity index (χ1v) is 9.99. The van der Waals surface area contributed by atoms with Crippen molar-refractivity contribution >= 4 is 22.1 Å². The van der Waals surface area contributed by atoms with Crippen molar-refractivity contribution in [3.05, 3.63) is 144 Å². The molecule has 0 fully saturated rings. The molecule has 1 aromatic carbocycles. The van der Waals surface area contributed by atoms with Gasteiger partial charge in [-0.3, -0.25) is 0 Å². The van der Waals surface area contributed by atoms with Gasteiger partial charge in [0.25, 0.3) is 0 Å². The van der Waals surface area contributed by atoms with Crippen molar-refractivity contribution in [2.45, 2.75) is 0 Å². The molecule has 3 aromatic rings. The second-order valence-corrected chi connectivity index (χ2v) is 6.63. The summed E-state index contributed by atoms with van der Waals surface area (Å²) < 4.78 is 0. The topological polar surface area (TPSA) is 249 Å². The van der Waals surface area contributed by atoms with Crippen molar-refractivity contribution in [3.8, 4) is 0 Å². The minimum atomic E-state index is -1.32. The van der Waals surface area contributed by atoms with Gasteiger partial charge in [-0.05, 0) is 0 Å². The Morgan fingerprint density at radius 2 is 0.550 bits per heavy atom. The van der Waals surface area contributed by atoms with Crippen molar-refractivity contribution in [2.75, 3.05) is 0 Å². The van der Waals surface area contributed by atoms with Crippen LogP contribution in [0.5, 0.6) is 0 Å². The first-order valence-electron chi connectivity index (χ1n) is 9.99. The van der Waals surface area contributed by atoms with E-state index in [9.17, 15) is 38.4 Å². The molecule has 16 nitrogen and oxygen atoms in total. The molecule has 214 valence electrons. The van der Waals surface area contributed by atoms with Gasteiger partial charge in [-0.15, -0.1) is 0 Å². The Morgan fingerprint density at radius 1 is 0.350 bits per heavy atom. The molecule has 0 atom stereocenters. The van der Waals surface area contributed by atoms with E-state index in [-0.39, 0.29) is 55.0 Å². The van der Waals surface area contributed by atoms with E-state index in [0.717, 1.165) is 36.4 Å². The average Bonchev–Trinajstić information content (AvgIpc) is 2.85. The van der Waals surface area contributed by atoms with E-state index in [1.54, 1.807) is 0 Å². The van der Waals surface area contributed by atoms with Crippen LogP contribution >= 0.6 is 0 Å². The van der Waals surface area contributed by atoms with E-state index < -0.39 is 44.5 Å². The minimum Gasteiger partial charge on any atom is -0.628 e. The van der Waals surface area contributed by atoms with Crippen molar-refractivity contribution in [2.24, 2.45) is 0 Å². The third-order valence-electron chi connectivity index (χ3n) is 4.00. The van der Waals surface area contributed by atoms with Crippen LogP contribution in [0.1, 0.15) is 0 Å². The third-order valence-corrected chi connectivity index (χ3v) is 4.00. The number of hydrogen-bond donors (Lipinski definition) is 0. The molecule has 0 amide bonds. The van der Waals surface area contributed by atoms with Crippen LogP contribution in [0, 0.1) is 0 Å². The molecular weight excluding hydrogens is 622 g/mol. The Labute approximate surface area is 238 Å². The summed E-state index contributed by atoms with van der Waals surface area (Å²) in [4.78, 5) is 123. The molecule has 0 N–H and O–H groups in total. The van der Waals surface area contributed by atoms with E-state index >= 15 is 0 Å². The van der Waals surface area contributed by atoms with Gasteiger partial charge in [0.1, 0.15) is 22.2 Å². The van der Waals surface area contributed by atoms with Crippen LogP contribution in [-0.4, -0.2) is 0 Å². The van der Waals surface area contributed by atoms with Crippen LogP contribution in [0.25, 0.3) is 22.1 Å². The predicted octanol–water partition coefficient (Wildman–Crippen LogP) is -4.98. The quantitative estimate of drug-likeness (QED) is 0.166. The molecule has 0 aliphatic heterocycles. The Morgan fingerprint density at radius 3 is 0.750 bits per heavy atom. The molecule has 2 heterocycles. The maximum absolute atomic E-state index is 12.3. The molecule has 0 aliphatic rings. The van der Waals surface area contributed by atoms with Crippen molar-refractivity contribution in [1.82, 2.24) is 39.9 Å². The van der Waals surface area contributed by atoms with Crippen LogP contribution < -0.4 is 84.3 Å². The Balaban J connectivity index is 0.00000400. The van der Waals surface area contributed by atoms with E-state index in [4.69, 9.17) is 0 Å². The second kappa shape index (κ2) is 15.4. The van der Waals surface area contributed by atoms with Crippen LogP contribution in [0.4, 0.5) is 0 Å². The number of fused-ring (bicyclic) bond motifs is 2. The van der Waals surface area contributed by atoms with Gasteiger partial charge >= 0.3 is 0 Å². The SMILES string of the molecule is O=c1cc[n-]c(=O)c(=O)[n-]ccc(=O)[n-]c2cc3[n-]c(=O)cc[n-]c(=O)c(=O)[n-]ccc(=O)[n-]c3cc2[n-]1.[Ni].[Ni]. The molecule has 0 saturated carbocycles. The van der Waals surface area contributed by atoms with Crippen LogP contribution in [-0.2, 0) is 33.0 Å². The zero-order valence-corrected chi connectivity index (χ0v) is 21.2. The second-order valence-electron chi connectivity index (χ2n) is 6.63. The van der Waals surface area contributed by atoms with E-state index in [1.165, 1.54) is 0 Å². The molecule has 0 radical (unpaired) electrons. The molecular formula is C22H10N8Ni2O8-8. The van der Waals surface area contributed by atoms with Crippen molar-refractivity contribution in [1.29, 1.82) is 0 Å². The smallest absolute Gasteiger partial charge is 0.103 e. The van der Waals surface area contributed by atoms with E-state index in [1.807, 2.05) is 0 Å². The van der Waals surface area contributed by atoms with Gasteiger partial charge in [-0.25, -0.2) is 0 Å². The molecule has 0 unspecified atom stereocenters. The summed E-state index contributed by atoms with van der Waals surface area (Å²) in [7, 11) is 0. The molecule has 2 aromatic heterocycles. The Hall–Kier alpha value is -5.07. The number of rotatable bonds is 0. The molecule has 0 saturated heterocycles. The summed E-state index contributed by atoms with van der Waals surface area (Å²) in [6.07, 6.45) is 2.83. The van der Waals surface area contributed by atoms with Crippen molar-refractivity contribution < 1.29 is 33.0 Å². The number of aromatic nitrogens is 8. The first-order chi connectivity index (χ1) is 18.1. The van der Waals surface area contributed by atoms with Crippen LogP contribution in [0.15, 0.2) is 99.5 Å². The van der Waals surface area contributed by atoms with Crippen LogP contribution in [0.2, 0.25) is 0 Å².